The molecule has 10 heteroatoms. The molecule has 0 spiro atoms. The first-order valence-corrected chi connectivity index (χ1v) is 12.1. The zero-order valence-corrected chi connectivity index (χ0v) is 20.9. The van der Waals surface area contributed by atoms with Gasteiger partial charge in [0.2, 0.25) is 0 Å². The Balaban J connectivity index is 1.73. The fourth-order valence-corrected chi connectivity index (χ4v) is 4.69. The highest BCUT2D eigenvalue weighted by atomic mass is 16.3. The van der Waals surface area contributed by atoms with Gasteiger partial charge in [0.15, 0.2) is 0 Å². The highest BCUT2D eigenvalue weighted by Gasteiger charge is 2.27. The molecule has 5 heterocycles. The van der Waals surface area contributed by atoms with Gasteiger partial charge in [0.1, 0.15) is 40.5 Å². The summed E-state index contributed by atoms with van der Waals surface area (Å²) in [6.07, 6.45) is 2.94. The first kappa shape index (κ1) is 24.2. The third-order valence-electron chi connectivity index (χ3n) is 6.50. The lowest BCUT2D eigenvalue weighted by molar-refractivity contribution is 0.579. The molecule has 5 aromatic heterocycles. The van der Waals surface area contributed by atoms with Crippen molar-refractivity contribution < 1.29 is 8.83 Å². The van der Waals surface area contributed by atoms with E-state index in [0.717, 1.165) is 0 Å². The number of nitrogens with zero attached hydrogens (tertiary/aromatic N) is 4. The summed E-state index contributed by atoms with van der Waals surface area (Å²) < 4.78 is 12.6. The standard InChI is InChI=1S/C30H18N6O4/c1-17-27(19-13-23(25-9-5-11-39-25)33-29(37)21(19)15-31)28(35-36(17)18-7-3-2-4-8-18)20-14-24(26-10-6-12-40-26)34-30(38)22(20)16-32/h2-14H,1H3,(H,33,37)(H,34,38). The average molecular weight is 527 g/mol. The molecule has 0 atom stereocenters. The minimum absolute atomic E-state index is 0.151. The number of benzene rings is 1. The van der Waals surface area contributed by atoms with E-state index in [-0.39, 0.29) is 27.9 Å². The van der Waals surface area contributed by atoms with Crippen LogP contribution in [-0.4, -0.2) is 19.7 Å². The fourth-order valence-electron chi connectivity index (χ4n) is 4.69. The van der Waals surface area contributed by atoms with E-state index in [1.807, 2.05) is 42.5 Å². The van der Waals surface area contributed by atoms with Crippen LogP contribution in [0.4, 0.5) is 0 Å². The zero-order chi connectivity index (χ0) is 27.8. The van der Waals surface area contributed by atoms with Gasteiger partial charge in [0.05, 0.1) is 29.6 Å². The summed E-state index contributed by atoms with van der Waals surface area (Å²) in [6.45, 7) is 1.79. The Morgan fingerprint density at radius 3 is 1.85 bits per heavy atom. The topological polar surface area (TPSA) is 157 Å². The van der Waals surface area contributed by atoms with E-state index in [9.17, 15) is 20.1 Å². The normalized spacial score (nSPS) is 10.8. The second-order valence-corrected chi connectivity index (χ2v) is 8.84. The predicted octanol–water partition coefficient (Wildman–Crippen LogP) is 5.15. The molecule has 0 saturated heterocycles. The van der Waals surface area contributed by atoms with Gasteiger partial charge in [-0.2, -0.15) is 15.6 Å². The number of hydrogen-bond donors (Lipinski definition) is 2. The Kier molecular flexibility index (Phi) is 5.83. The lowest BCUT2D eigenvalue weighted by Gasteiger charge is -2.10. The van der Waals surface area contributed by atoms with Crippen molar-refractivity contribution in [3.05, 3.63) is 117 Å². The molecule has 0 amide bonds. The summed E-state index contributed by atoms with van der Waals surface area (Å²) in [4.78, 5) is 31.6. The highest BCUT2D eigenvalue weighted by molar-refractivity contribution is 5.89. The number of pyridine rings is 2. The van der Waals surface area contributed by atoms with Gasteiger partial charge in [-0.25, -0.2) is 4.68 Å². The third kappa shape index (κ3) is 3.93. The van der Waals surface area contributed by atoms with Crippen LogP contribution in [0, 0.1) is 29.6 Å². The molecule has 0 aliphatic heterocycles. The van der Waals surface area contributed by atoms with Crippen LogP contribution in [0.3, 0.4) is 0 Å². The van der Waals surface area contributed by atoms with Crippen molar-refractivity contribution in [2.45, 2.75) is 6.92 Å². The van der Waals surface area contributed by atoms with Crippen LogP contribution in [0.2, 0.25) is 0 Å². The Morgan fingerprint density at radius 1 is 0.775 bits per heavy atom. The van der Waals surface area contributed by atoms with Crippen LogP contribution < -0.4 is 11.1 Å². The number of para-hydroxylation sites is 1. The summed E-state index contributed by atoms with van der Waals surface area (Å²) in [5.74, 6) is 0.782. The molecule has 0 bridgehead atoms. The van der Waals surface area contributed by atoms with E-state index in [2.05, 4.69) is 9.97 Å². The maximum atomic E-state index is 13.1. The lowest BCUT2D eigenvalue weighted by Crippen LogP contribution is -2.14. The predicted molar refractivity (Wildman–Crippen MR) is 145 cm³/mol. The number of furan rings is 2. The van der Waals surface area contributed by atoms with Gasteiger partial charge in [-0.15, -0.1) is 0 Å². The molecule has 40 heavy (non-hydrogen) atoms. The molecule has 0 saturated carbocycles. The molecule has 10 nitrogen and oxygen atoms in total. The molecule has 192 valence electrons. The summed E-state index contributed by atoms with van der Waals surface area (Å²) in [6, 6.07) is 23.2. The van der Waals surface area contributed by atoms with Gasteiger partial charge < -0.3 is 18.8 Å². The molecule has 2 N–H and O–H groups in total. The number of hydrogen-bond acceptors (Lipinski definition) is 7. The van der Waals surface area contributed by atoms with Gasteiger partial charge >= 0.3 is 0 Å². The van der Waals surface area contributed by atoms with Crippen LogP contribution in [0.5, 0.6) is 0 Å². The quantitative estimate of drug-likeness (QED) is 0.314. The van der Waals surface area contributed by atoms with E-state index in [1.165, 1.54) is 12.5 Å². The van der Waals surface area contributed by atoms with Crippen molar-refractivity contribution in [2.75, 3.05) is 0 Å². The zero-order valence-electron chi connectivity index (χ0n) is 20.9. The molecular formula is C30H18N6O4. The molecule has 1 aromatic carbocycles. The van der Waals surface area contributed by atoms with Crippen molar-refractivity contribution in [3.63, 3.8) is 0 Å². The van der Waals surface area contributed by atoms with Crippen molar-refractivity contribution >= 4 is 0 Å². The molecule has 0 radical (unpaired) electrons. The summed E-state index contributed by atoms with van der Waals surface area (Å²) in [5, 5.41) is 24.9. The minimum atomic E-state index is -0.632. The lowest BCUT2D eigenvalue weighted by atomic mass is 9.94. The maximum absolute atomic E-state index is 13.1. The number of nitrogens with one attached hydrogen (secondary N) is 2. The van der Waals surface area contributed by atoms with E-state index in [4.69, 9.17) is 13.9 Å². The van der Waals surface area contributed by atoms with Crippen molar-refractivity contribution in [1.29, 1.82) is 10.5 Å². The molecule has 0 aliphatic carbocycles. The van der Waals surface area contributed by atoms with Crippen LogP contribution in [-0.2, 0) is 0 Å². The Hall–Kier alpha value is -6.13. The van der Waals surface area contributed by atoms with E-state index < -0.39 is 11.1 Å². The number of aromatic amines is 2. The van der Waals surface area contributed by atoms with Gasteiger partial charge in [0, 0.05) is 22.4 Å². The van der Waals surface area contributed by atoms with Crippen LogP contribution in [0.15, 0.2) is 97.7 Å². The molecule has 0 aliphatic rings. The Morgan fingerprint density at radius 2 is 1.32 bits per heavy atom. The molecule has 0 fully saturated rings. The number of rotatable bonds is 5. The van der Waals surface area contributed by atoms with Crippen LogP contribution in [0.1, 0.15) is 16.8 Å². The smallest absolute Gasteiger partial charge is 0.267 e. The van der Waals surface area contributed by atoms with Crippen molar-refractivity contribution in [1.82, 2.24) is 19.7 Å². The molecule has 6 rings (SSSR count). The number of aromatic nitrogens is 4. The van der Waals surface area contributed by atoms with Gasteiger partial charge in [-0.05, 0) is 55.5 Å². The SMILES string of the molecule is Cc1c(-c2cc(-c3ccco3)[nH]c(=O)c2C#N)c(-c2cc(-c3ccco3)[nH]c(=O)c2C#N)nn1-c1ccccc1. The number of H-pyrrole nitrogens is 2. The summed E-state index contributed by atoms with van der Waals surface area (Å²) in [7, 11) is 0. The molecular weight excluding hydrogens is 508 g/mol. The van der Waals surface area contributed by atoms with Crippen LogP contribution in [0.25, 0.3) is 51.0 Å². The van der Waals surface area contributed by atoms with Gasteiger partial charge in [0.25, 0.3) is 11.1 Å². The second kappa shape index (κ2) is 9.63. The van der Waals surface area contributed by atoms with Crippen LogP contribution >= 0.6 is 0 Å². The monoisotopic (exact) mass is 526 g/mol. The Bertz CT molecular complexity index is 2070. The highest BCUT2D eigenvalue weighted by Crippen LogP contribution is 2.39. The Labute approximate surface area is 226 Å². The number of nitriles is 2. The first-order chi connectivity index (χ1) is 19.5. The molecule has 6 aromatic rings. The van der Waals surface area contributed by atoms with Crippen molar-refractivity contribution in [3.8, 4) is 63.1 Å². The van der Waals surface area contributed by atoms with E-state index >= 15 is 0 Å². The maximum Gasteiger partial charge on any atom is 0.267 e. The third-order valence-corrected chi connectivity index (χ3v) is 6.50. The van der Waals surface area contributed by atoms with E-state index in [0.29, 0.717) is 39.9 Å². The van der Waals surface area contributed by atoms with Gasteiger partial charge in [-0.3, -0.25) is 9.59 Å². The summed E-state index contributed by atoms with van der Waals surface area (Å²) >= 11 is 0. The van der Waals surface area contributed by atoms with Gasteiger partial charge in [-0.1, -0.05) is 18.2 Å². The van der Waals surface area contributed by atoms with Crippen molar-refractivity contribution in [2.24, 2.45) is 0 Å². The first-order valence-electron chi connectivity index (χ1n) is 12.1. The minimum Gasteiger partial charge on any atom is -0.463 e. The second-order valence-electron chi connectivity index (χ2n) is 8.84. The van der Waals surface area contributed by atoms with E-state index in [1.54, 1.807) is 48.0 Å². The largest absolute Gasteiger partial charge is 0.463 e. The average Bonchev–Trinajstić information content (AvgIpc) is 3.75. The summed E-state index contributed by atoms with van der Waals surface area (Å²) in [5.41, 5.74) is 1.54. The fraction of sp³-hybridized carbons (Fsp3) is 0.0333. The molecule has 0 unspecified atom stereocenters.